The molecule has 6 heteroatoms. The number of aryl methyl sites for hydroxylation is 1. The standard InChI is InChI=1S/C20H21F3N2O/c21-20(22,23)17-8-2-1-7-16(17)11-10-15-6-5-13-25(14-15)19(26)18-9-3-4-12-24-18/h1-4,7-9,12,15H,5-6,10-11,13-14H2/t15-/m0/s1. The second kappa shape index (κ2) is 7.89. The third-order valence-corrected chi connectivity index (χ3v) is 4.83. The molecule has 2 heterocycles. The summed E-state index contributed by atoms with van der Waals surface area (Å²) in [7, 11) is 0. The molecule has 1 fully saturated rings. The Bertz CT molecular complexity index is 746. The Morgan fingerprint density at radius 3 is 2.65 bits per heavy atom. The third-order valence-electron chi connectivity index (χ3n) is 4.83. The van der Waals surface area contributed by atoms with E-state index in [-0.39, 0.29) is 11.8 Å². The highest BCUT2D eigenvalue weighted by molar-refractivity contribution is 5.92. The van der Waals surface area contributed by atoms with Crippen molar-refractivity contribution in [3.63, 3.8) is 0 Å². The van der Waals surface area contributed by atoms with E-state index in [2.05, 4.69) is 4.98 Å². The highest BCUT2D eigenvalue weighted by atomic mass is 19.4. The summed E-state index contributed by atoms with van der Waals surface area (Å²) in [6.07, 6.45) is 0.0578. The number of carbonyl (C=O) groups is 1. The fourth-order valence-corrected chi connectivity index (χ4v) is 3.51. The molecule has 0 unspecified atom stereocenters. The van der Waals surface area contributed by atoms with Crippen LogP contribution in [-0.4, -0.2) is 28.9 Å². The van der Waals surface area contributed by atoms with Crippen LogP contribution in [0.4, 0.5) is 13.2 Å². The van der Waals surface area contributed by atoms with Crippen LogP contribution in [-0.2, 0) is 12.6 Å². The number of hydrogen-bond donors (Lipinski definition) is 0. The minimum absolute atomic E-state index is 0.106. The van der Waals surface area contributed by atoms with Crippen molar-refractivity contribution >= 4 is 5.91 Å². The molecule has 0 N–H and O–H groups in total. The summed E-state index contributed by atoms with van der Waals surface area (Å²) in [5.41, 5.74) is 0.181. The highest BCUT2D eigenvalue weighted by Gasteiger charge is 2.33. The predicted molar refractivity (Wildman–Crippen MR) is 92.6 cm³/mol. The van der Waals surface area contributed by atoms with Crippen molar-refractivity contribution in [2.45, 2.75) is 31.9 Å². The van der Waals surface area contributed by atoms with E-state index in [9.17, 15) is 18.0 Å². The summed E-state index contributed by atoms with van der Waals surface area (Å²) >= 11 is 0. The van der Waals surface area contributed by atoms with Crippen LogP contribution >= 0.6 is 0 Å². The predicted octanol–water partition coefficient (Wildman–Crippen LogP) is 4.59. The number of amides is 1. The first-order valence-electron chi connectivity index (χ1n) is 8.80. The summed E-state index contributed by atoms with van der Waals surface area (Å²) < 4.78 is 39.3. The van der Waals surface area contributed by atoms with Crippen molar-refractivity contribution in [1.29, 1.82) is 0 Å². The quantitative estimate of drug-likeness (QED) is 0.797. The van der Waals surface area contributed by atoms with E-state index >= 15 is 0 Å². The van der Waals surface area contributed by atoms with Gasteiger partial charge >= 0.3 is 6.18 Å². The summed E-state index contributed by atoms with van der Waals surface area (Å²) in [4.78, 5) is 18.4. The molecule has 1 atom stereocenters. The van der Waals surface area contributed by atoms with Crippen molar-refractivity contribution in [1.82, 2.24) is 9.88 Å². The van der Waals surface area contributed by atoms with Crippen LogP contribution in [0.25, 0.3) is 0 Å². The van der Waals surface area contributed by atoms with Gasteiger partial charge in [0.1, 0.15) is 5.69 Å². The number of aromatic nitrogens is 1. The number of piperidine rings is 1. The van der Waals surface area contributed by atoms with Crippen LogP contribution in [0, 0.1) is 5.92 Å². The van der Waals surface area contributed by atoms with Crippen molar-refractivity contribution in [3.05, 3.63) is 65.5 Å². The average Bonchev–Trinajstić information content (AvgIpc) is 2.66. The number of alkyl halides is 3. The first kappa shape index (κ1) is 18.4. The van der Waals surface area contributed by atoms with Crippen LogP contribution < -0.4 is 0 Å². The number of carbonyl (C=O) groups excluding carboxylic acids is 1. The van der Waals surface area contributed by atoms with Gasteiger partial charge in [0.2, 0.25) is 0 Å². The zero-order chi connectivity index (χ0) is 18.6. The average molecular weight is 362 g/mol. The van der Waals surface area contributed by atoms with Crippen LogP contribution in [0.3, 0.4) is 0 Å². The van der Waals surface area contributed by atoms with Gasteiger partial charge in [0.15, 0.2) is 0 Å². The van der Waals surface area contributed by atoms with Gasteiger partial charge in [-0.05, 0) is 55.4 Å². The van der Waals surface area contributed by atoms with Gasteiger partial charge in [-0.2, -0.15) is 13.2 Å². The van der Waals surface area contributed by atoms with Gasteiger partial charge in [-0.15, -0.1) is 0 Å². The maximum Gasteiger partial charge on any atom is 0.416 e. The van der Waals surface area contributed by atoms with Gasteiger partial charge in [0.05, 0.1) is 5.56 Å². The molecule has 1 aliphatic rings. The van der Waals surface area contributed by atoms with Gasteiger partial charge in [-0.1, -0.05) is 24.3 Å². The van der Waals surface area contributed by atoms with E-state index in [1.807, 2.05) is 0 Å². The van der Waals surface area contributed by atoms with E-state index in [1.54, 1.807) is 41.4 Å². The van der Waals surface area contributed by atoms with Crippen molar-refractivity contribution < 1.29 is 18.0 Å². The second-order valence-corrected chi connectivity index (χ2v) is 6.67. The van der Waals surface area contributed by atoms with Crippen molar-refractivity contribution in [2.24, 2.45) is 5.92 Å². The zero-order valence-electron chi connectivity index (χ0n) is 14.4. The summed E-state index contributed by atoms with van der Waals surface area (Å²) in [5, 5.41) is 0. The molecule has 1 aromatic carbocycles. The summed E-state index contributed by atoms with van der Waals surface area (Å²) in [6, 6.07) is 11.0. The Hall–Kier alpha value is -2.37. The molecule has 0 aliphatic carbocycles. The van der Waals surface area contributed by atoms with E-state index in [0.29, 0.717) is 37.2 Å². The highest BCUT2D eigenvalue weighted by Crippen LogP contribution is 2.33. The van der Waals surface area contributed by atoms with Crippen LogP contribution in [0.5, 0.6) is 0 Å². The molecular weight excluding hydrogens is 341 g/mol. The first-order chi connectivity index (χ1) is 12.4. The lowest BCUT2D eigenvalue weighted by Crippen LogP contribution is -2.40. The van der Waals surface area contributed by atoms with Gasteiger partial charge in [-0.25, -0.2) is 0 Å². The normalized spacial score (nSPS) is 18.0. The smallest absolute Gasteiger partial charge is 0.337 e. The molecule has 3 rings (SSSR count). The SMILES string of the molecule is O=C(c1ccccn1)N1CCC[C@@H](CCc2ccccc2C(F)(F)F)C1. The maximum absolute atomic E-state index is 13.1. The molecule has 0 saturated carbocycles. The van der Waals surface area contributed by atoms with Crippen molar-refractivity contribution in [3.8, 4) is 0 Å². The molecule has 1 aromatic heterocycles. The Morgan fingerprint density at radius 2 is 1.92 bits per heavy atom. The topological polar surface area (TPSA) is 33.2 Å². The monoisotopic (exact) mass is 362 g/mol. The van der Waals surface area contributed by atoms with Gasteiger partial charge in [-0.3, -0.25) is 9.78 Å². The van der Waals surface area contributed by atoms with E-state index in [4.69, 9.17) is 0 Å². The second-order valence-electron chi connectivity index (χ2n) is 6.67. The molecule has 3 nitrogen and oxygen atoms in total. The molecule has 138 valence electrons. The van der Waals surface area contributed by atoms with Crippen LogP contribution in [0.15, 0.2) is 48.7 Å². The summed E-state index contributed by atoms with van der Waals surface area (Å²) in [6.45, 7) is 1.24. The number of rotatable bonds is 4. The number of pyridine rings is 1. The molecule has 0 bridgehead atoms. The van der Waals surface area contributed by atoms with Crippen molar-refractivity contribution in [2.75, 3.05) is 13.1 Å². The fourth-order valence-electron chi connectivity index (χ4n) is 3.51. The lowest BCUT2D eigenvalue weighted by Gasteiger charge is -2.32. The number of hydrogen-bond acceptors (Lipinski definition) is 2. The number of halogens is 3. The third kappa shape index (κ3) is 4.42. The Morgan fingerprint density at radius 1 is 1.15 bits per heavy atom. The lowest BCUT2D eigenvalue weighted by atomic mass is 9.90. The van der Waals surface area contributed by atoms with Crippen LogP contribution in [0.2, 0.25) is 0 Å². The maximum atomic E-state index is 13.1. The Labute approximate surface area is 150 Å². The van der Waals surface area contributed by atoms with Gasteiger partial charge < -0.3 is 4.90 Å². The fraction of sp³-hybridized carbons (Fsp3) is 0.400. The summed E-state index contributed by atoms with van der Waals surface area (Å²) in [5.74, 6) is 0.101. The Balaban J connectivity index is 1.62. The molecule has 0 spiro atoms. The Kier molecular flexibility index (Phi) is 5.59. The minimum atomic E-state index is -4.33. The largest absolute Gasteiger partial charge is 0.416 e. The lowest BCUT2D eigenvalue weighted by molar-refractivity contribution is -0.138. The minimum Gasteiger partial charge on any atom is -0.337 e. The first-order valence-corrected chi connectivity index (χ1v) is 8.80. The van der Waals surface area contributed by atoms with Gasteiger partial charge in [0, 0.05) is 19.3 Å². The molecule has 26 heavy (non-hydrogen) atoms. The van der Waals surface area contributed by atoms with E-state index in [1.165, 1.54) is 6.07 Å². The molecule has 1 aliphatic heterocycles. The van der Waals surface area contributed by atoms with Gasteiger partial charge in [0.25, 0.3) is 5.91 Å². The molecule has 1 amide bonds. The molecule has 2 aromatic rings. The van der Waals surface area contributed by atoms with Crippen LogP contribution in [0.1, 0.15) is 40.9 Å². The number of likely N-dealkylation sites (tertiary alicyclic amines) is 1. The number of nitrogens with zero attached hydrogens (tertiary/aromatic N) is 2. The zero-order valence-corrected chi connectivity index (χ0v) is 14.4. The van der Waals surface area contributed by atoms with E-state index < -0.39 is 11.7 Å². The molecule has 0 radical (unpaired) electrons. The molecule has 1 saturated heterocycles. The van der Waals surface area contributed by atoms with E-state index in [0.717, 1.165) is 18.9 Å². The molecular formula is C20H21F3N2O. The number of benzene rings is 1.